The number of benzene rings is 2. The van der Waals surface area contributed by atoms with Crippen LogP contribution in [-0.4, -0.2) is 35.6 Å². The van der Waals surface area contributed by atoms with Gasteiger partial charge in [-0.1, -0.05) is 42.6 Å². The zero-order valence-electron chi connectivity index (χ0n) is 21.1. The van der Waals surface area contributed by atoms with Gasteiger partial charge in [0, 0.05) is 41.8 Å². The number of anilines is 2. The van der Waals surface area contributed by atoms with Gasteiger partial charge in [-0.15, -0.1) is 0 Å². The van der Waals surface area contributed by atoms with Crippen LogP contribution in [0.2, 0.25) is 0 Å². The molecule has 2 aliphatic rings. The second-order valence-corrected chi connectivity index (χ2v) is 11.0. The Morgan fingerprint density at radius 2 is 1.94 bits per heavy atom. The van der Waals surface area contributed by atoms with Crippen LogP contribution in [0, 0.1) is 5.92 Å². The summed E-state index contributed by atoms with van der Waals surface area (Å²) in [6, 6.07) is 14.9. The van der Waals surface area contributed by atoms with E-state index in [1.54, 1.807) is 11.8 Å². The van der Waals surface area contributed by atoms with Crippen LogP contribution in [0.1, 0.15) is 45.2 Å². The third kappa shape index (κ3) is 6.20. The first kappa shape index (κ1) is 24.7. The molecule has 1 atom stereocenters. The minimum Gasteiger partial charge on any atom is -0.460 e. The molecule has 3 N–H and O–H groups in total. The molecule has 2 aromatic carbocycles. The van der Waals surface area contributed by atoms with E-state index in [1.807, 2.05) is 26.1 Å². The van der Waals surface area contributed by atoms with Gasteiger partial charge in [-0.2, -0.15) is 0 Å². The Morgan fingerprint density at radius 3 is 2.69 bits per heavy atom. The molecule has 7 heteroatoms. The van der Waals surface area contributed by atoms with Crippen LogP contribution in [0.15, 0.2) is 65.9 Å². The number of thioether (sulfide) groups is 1. The van der Waals surface area contributed by atoms with Crippen LogP contribution < -0.4 is 20.7 Å². The molecule has 1 saturated carbocycles. The van der Waals surface area contributed by atoms with Gasteiger partial charge in [-0.25, -0.2) is 9.97 Å². The van der Waals surface area contributed by atoms with Crippen LogP contribution in [-0.2, 0) is 0 Å². The molecule has 1 saturated heterocycles. The normalized spacial score (nSPS) is 18.4. The summed E-state index contributed by atoms with van der Waals surface area (Å²) in [5.74, 6) is 3.08. The first-order valence-corrected chi connectivity index (χ1v) is 13.7. The summed E-state index contributed by atoms with van der Waals surface area (Å²) in [7, 11) is 0. The lowest BCUT2D eigenvalue weighted by atomic mass is 10.1. The van der Waals surface area contributed by atoms with Crippen molar-refractivity contribution in [3.05, 3.63) is 71.6 Å². The molecule has 36 heavy (non-hydrogen) atoms. The molecule has 1 unspecified atom stereocenters. The molecule has 1 aromatic heterocycles. The second-order valence-electron chi connectivity index (χ2n) is 9.73. The zero-order chi connectivity index (χ0) is 24.9. The summed E-state index contributed by atoms with van der Waals surface area (Å²) < 4.78 is 6.53. The van der Waals surface area contributed by atoms with E-state index in [2.05, 4.69) is 63.9 Å². The number of nitrogens with zero attached hydrogens (tertiary/aromatic N) is 2. The highest BCUT2D eigenvalue weighted by atomic mass is 32.2. The zero-order valence-corrected chi connectivity index (χ0v) is 22.0. The second kappa shape index (κ2) is 11.4. The van der Waals surface area contributed by atoms with Gasteiger partial charge in [0.25, 0.3) is 0 Å². The highest BCUT2D eigenvalue weighted by Gasteiger charge is 2.21. The molecule has 1 aliphatic heterocycles. The van der Waals surface area contributed by atoms with Crippen molar-refractivity contribution in [3.8, 4) is 5.75 Å². The van der Waals surface area contributed by atoms with Crippen LogP contribution in [0.25, 0.3) is 15.7 Å². The lowest BCUT2D eigenvalue weighted by Crippen LogP contribution is -2.38. The molecule has 188 valence electrons. The predicted molar refractivity (Wildman–Crippen MR) is 152 cm³/mol. The Morgan fingerprint density at radius 1 is 1.11 bits per heavy atom. The average molecular weight is 502 g/mol. The molecule has 0 radical (unpaired) electrons. The molecule has 0 amide bonds. The van der Waals surface area contributed by atoms with E-state index in [0.29, 0.717) is 12.0 Å². The Balaban J connectivity index is 1.43. The van der Waals surface area contributed by atoms with Gasteiger partial charge in [0.2, 0.25) is 5.95 Å². The van der Waals surface area contributed by atoms with Gasteiger partial charge in [0.15, 0.2) is 0 Å². The summed E-state index contributed by atoms with van der Waals surface area (Å²) in [6.45, 7) is 11.2. The largest absolute Gasteiger partial charge is 0.460 e. The molecular formula is C29H35N5OS. The Hall–Kier alpha value is -3.03. The van der Waals surface area contributed by atoms with Gasteiger partial charge in [-0.3, -0.25) is 0 Å². The summed E-state index contributed by atoms with van der Waals surface area (Å²) in [4.78, 5) is 11.2. The van der Waals surface area contributed by atoms with Crippen molar-refractivity contribution < 1.29 is 4.74 Å². The number of aromatic nitrogens is 2. The Kier molecular flexibility index (Phi) is 7.78. The SMILES string of the molecule is C=C(C)S/C(=C(\C)Oc1ccc(NCC2CC2)c2ccccc12)c1ccnc(NC2CCCNC2)n1. The summed E-state index contributed by atoms with van der Waals surface area (Å²) in [5.41, 5.74) is 1.99. The van der Waals surface area contributed by atoms with E-state index in [1.165, 1.54) is 18.2 Å². The minimum absolute atomic E-state index is 0.339. The number of nitrogens with one attached hydrogen (secondary N) is 3. The van der Waals surface area contributed by atoms with Gasteiger partial charge in [0.1, 0.15) is 11.5 Å². The van der Waals surface area contributed by atoms with Crippen molar-refractivity contribution in [3.63, 3.8) is 0 Å². The standard InChI is InChI=1S/C29H35N5OS/c1-19(2)36-28(26-14-16-31-29(34-26)33-22-7-6-15-30-18-22)20(3)35-27-13-12-25(32-17-21-10-11-21)23-8-4-5-9-24(23)27/h4-5,8-9,12-14,16,21-22,30,32H,1,6-7,10-11,15,17-18H2,2-3H3,(H,31,33,34)/b28-20+. The molecule has 0 spiro atoms. The van der Waals surface area contributed by atoms with E-state index in [9.17, 15) is 0 Å². The lowest BCUT2D eigenvalue weighted by Gasteiger charge is -2.24. The molecule has 6 nitrogen and oxygen atoms in total. The molecule has 3 aromatic rings. The number of piperidine rings is 1. The first-order valence-electron chi connectivity index (χ1n) is 12.8. The van der Waals surface area contributed by atoms with Crippen molar-refractivity contribution in [1.29, 1.82) is 0 Å². The number of hydrogen-bond donors (Lipinski definition) is 3. The third-order valence-corrected chi connectivity index (χ3v) is 7.59. The topological polar surface area (TPSA) is 71.1 Å². The minimum atomic E-state index is 0.339. The van der Waals surface area contributed by atoms with Crippen LogP contribution in [0.4, 0.5) is 11.6 Å². The highest BCUT2D eigenvalue weighted by Crippen LogP contribution is 2.38. The van der Waals surface area contributed by atoms with E-state index >= 15 is 0 Å². The van der Waals surface area contributed by atoms with E-state index in [-0.39, 0.29) is 0 Å². The molecular weight excluding hydrogens is 466 g/mol. The van der Waals surface area contributed by atoms with Crippen LogP contribution >= 0.6 is 11.8 Å². The predicted octanol–water partition coefficient (Wildman–Crippen LogP) is 6.65. The van der Waals surface area contributed by atoms with Crippen molar-refractivity contribution in [2.24, 2.45) is 5.92 Å². The van der Waals surface area contributed by atoms with E-state index in [0.717, 1.165) is 76.5 Å². The highest BCUT2D eigenvalue weighted by molar-refractivity contribution is 8.11. The fourth-order valence-electron chi connectivity index (χ4n) is 4.49. The Labute approximate surface area is 218 Å². The fourth-order valence-corrected chi connectivity index (χ4v) is 5.25. The molecule has 2 heterocycles. The first-order chi connectivity index (χ1) is 17.6. The number of hydrogen-bond acceptors (Lipinski definition) is 7. The van der Waals surface area contributed by atoms with E-state index < -0.39 is 0 Å². The summed E-state index contributed by atoms with van der Waals surface area (Å²) >= 11 is 1.58. The van der Waals surface area contributed by atoms with E-state index in [4.69, 9.17) is 9.72 Å². The van der Waals surface area contributed by atoms with Gasteiger partial charge in [0.05, 0.1) is 10.6 Å². The monoisotopic (exact) mass is 501 g/mol. The molecule has 0 bridgehead atoms. The summed E-state index contributed by atoms with van der Waals surface area (Å²) in [5, 5.41) is 12.8. The van der Waals surface area contributed by atoms with Crippen molar-refractivity contribution in [1.82, 2.24) is 15.3 Å². The lowest BCUT2D eigenvalue weighted by molar-refractivity contribution is 0.437. The summed E-state index contributed by atoms with van der Waals surface area (Å²) in [6.07, 6.45) is 6.74. The third-order valence-electron chi connectivity index (χ3n) is 6.54. The maximum Gasteiger partial charge on any atom is 0.223 e. The smallest absolute Gasteiger partial charge is 0.223 e. The number of ether oxygens (including phenoxy) is 1. The van der Waals surface area contributed by atoms with Gasteiger partial charge >= 0.3 is 0 Å². The number of allylic oxidation sites excluding steroid dienone is 2. The van der Waals surface area contributed by atoms with Gasteiger partial charge < -0.3 is 20.7 Å². The van der Waals surface area contributed by atoms with Gasteiger partial charge in [-0.05, 0) is 75.1 Å². The maximum atomic E-state index is 6.53. The molecule has 5 rings (SSSR count). The number of fused-ring (bicyclic) bond motifs is 1. The fraction of sp³-hybridized carbons (Fsp3) is 0.379. The van der Waals surface area contributed by atoms with Crippen LogP contribution in [0.5, 0.6) is 5.75 Å². The van der Waals surface area contributed by atoms with Crippen LogP contribution in [0.3, 0.4) is 0 Å². The molecule has 1 aliphatic carbocycles. The number of rotatable bonds is 10. The van der Waals surface area contributed by atoms with Crippen molar-refractivity contribution >= 4 is 39.1 Å². The average Bonchev–Trinajstić information content (AvgIpc) is 3.72. The van der Waals surface area contributed by atoms with Crippen molar-refractivity contribution in [2.75, 3.05) is 30.3 Å². The maximum absolute atomic E-state index is 6.53. The van der Waals surface area contributed by atoms with Crippen molar-refractivity contribution in [2.45, 2.75) is 45.6 Å². The Bertz CT molecular complexity index is 1260. The molecule has 2 fully saturated rings. The quantitative estimate of drug-likeness (QED) is 0.269.